The van der Waals surface area contributed by atoms with Crippen molar-refractivity contribution < 1.29 is 62.4 Å². The molecular weight excluding hydrogens is 879 g/mol. The fraction of sp³-hybridized carbons (Fsp3) is 0.0625. The number of aromatic carboxylic acids is 3. The van der Waals surface area contributed by atoms with Gasteiger partial charge in [0.2, 0.25) is 0 Å². The monoisotopic (exact) mass is 898 g/mol. The molecule has 6 aromatic heterocycles. The van der Waals surface area contributed by atoms with Gasteiger partial charge in [-0.3, -0.25) is 15.0 Å². The van der Waals surface area contributed by atoms with E-state index < -0.39 is 29.9 Å². The predicted molar refractivity (Wildman–Crippen MR) is 191 cm³/mol. The molecule has 6 heterocycles. The van der Waals surface area contributed by atoms with E-state index in [1.54, 1.807) is 23.7 Å². The molecule has 0 aromatic carbocycles. The number of halogens is 3. The molecule has 14 nitrogen and oxygen atoms in total. The standard InChI is InChI=1S/C18H11N3O6.C14H8F3N5S4.Ru/c22-16(23)9-1-3-19-12(5-9)14-7-11(18(26)27)8-15(21-14)13-6-10(17(24)25)2-4-20-13;15-14(16,17)13-20-12(22(21-13)7-24-6-18)9-2-1-8(5-19-9)10-3-4-11(25-10)26-23;/h1-8H,(H,22,23)(H,24,25)(H,26,27);1-5,23H,7H2;. The van der Waals surface area contributed by atoms with Gasteiger partial charge in [-0.15, -0.1) is 28.1 Å². The first-order valence-electron chi connectivity index (χ1n) is 14.3. The van der Waals surface area contributed by atoms with Gasteiger partial charge in [0.1, 0.15) is 17.0 Å². The number of aromatic nitrogens is 7. The van der Waals surface area contributed by atoms with Crippen molar-refractivity contribution in [2.75, 3.05) is 0 Å². The smallest absolute Gasteiger partial charge is 0.453 e. The summed E-state index contributed by atoms with van der Waals surface area (Å²) < 4.78 is 40.8. The number of carboxylic acids is 3. The SMILES string of the molecule is N#CSCn1nc(C(F)(F)F)nc1-c1ccc(-c2ccc(SS)s2)cn1.O=C(O)c1ccnc(-c2cc(C(=O)O)cc(-c3cc(C(=O)O)ccn3)n2)c1.[Ru]. The summed E-state index contributed by atoms with van der Waals surface area (Å²) in [6.07, 6.45) is -0.555. The maximum atomic E-state index is 12.9. The Morgan fingerprint density at radius 3 is 1.83 bits per heavy atom. The number of alkyl halides is 3. The van der Waals surface area contributed by atoms with Crippen LogP contribution in [0.2, 0.25) is 0 Å². The Bertz CT molecular complexity index is 2300. The molecule has 54 heavy (non-hydrogen) atoms. The maximum Gasteiger partial charge on any atom is 0.453 e. The third-order valence-corrected chi connectivity index (χ3v) is 9.94. The molecular formula is C32H19F3N8O6RuS4. The van der Waals surface area contributed by atoms with E-state index in [0.717, 1.165) is 31.1 Å². The number of hydrogen-bond donors (Lipinski definition) is 4. The molecule has 0 radical (unpaired) electrons. The van der Waals surface area contributed by atoms with Crippen molar-refractivity contribution in [2.24, 2.45) is 0 Å². The number of hydrogen-bond acceptors (Lipinski definition) is 14. The van der Waals surface area contributed by atoms with Gasteiger partial charge in [-0.1, -0.05) is 10.8 Å². The topological polar surface area (TPSA) is 218 Å². The maximum absolute atomic E-state index is 12.9. The van der Waals surface area contributed by atoms with E-state index in [0.29, 0.717) is 0 Å². The second kappa shape index (κ2) is 18.2. The van der Waals surface area contributed by atoms with Crippen LogP contribution in [0.1, 0.15) is 36.9 Å². The molecule has 0 saturated heterocycles. The van der Waals surface area contributed by atoms with E-state index in [-0.39, 0.29) is 76.3 Å². The zero-order chi connectivity index (χ0) is 38.3. The zero-order valence-electron chi connectivity index (χ0n) is 26.5. The zero-order valence-corrected chi connectivity index (χ0v) is 31.6. The molecule has 6 rings (SSSR count). The number of thiocyanates is 1. The van der Waals surface area contributed by atoms with Crippen LogP contribution in [0.3, 0.4) is 0 Å². The molecule has 6 aromatic rings. The van der Waals surface area contributed by atoms with Crippen LogP contribution in [-0.2, 0) is 31.5 Å². The van der Waals surface area contributed by atoms with Crippen LogP contribution in [0.5, 0.6) is 0 Å². The number of thioether (sulfide) groups is 1. The van der Waals surface area contributed by atoms with Crippen LogP contribution in [0.4, 0.5) is 13.2 Å². The Morgan fingerprint density at radius 1 is 0.796 bits per heavy atom. The van der Waals surface area contributed by atoms with Gasteiger partial charge in [0.15, 0.2) is 5.82 Å². The number of thiophene rings is 1. The summed E-state index contributed by atoms with van der Waals surface area (Å²) in [5.74, 6) is -4.93. The van der Waals surface area contributed by atoms with Gasteiger partial charge < -0.3 is 15.3 Å². The van der Waals surface area contributed by atoms with Gasteiger partial charge in [0.05, 0.1) is 43.7 Å². The molecule has 0 saturated carbocycles. The number of nitriles is 1. The van der Waals surface area contributed by atoms with Crippen molar-refractivity contribution in [1.29, 1.82) is 5.26 Å². The molecule has 22 heteroatoms. The number of carbonyl (C=O) groups is 3. The summed E-state index contributed by atoms with van der Waals surface area (Å²) in [4.78, 5) is 54.9. The minimum Gasteiger partial charge on any atom is -0.478 e. The average Bonchev–Trinajstić information content (AvgIpc) is 3.82. The van der Waals surface area contributed by atoms with Crippen molar-refractivity contribution in [1.82, 2.24) is 34.7 Å². The van der Waals surface area contributed by atoms with Crippen LogP contribution in [0.15, 0.2) is 83.5 Å². The minimum absolute atomic E-state index is 0. The van der Waals surface area contributed by atoms with Gasteiger partial charge in [-0.2, -0.15) is 18.4 Å². The Kier molecular flexibility index (Phi) is 14.0. The fourth-order valence-corrected chi connectivity index (χ4v) is 6.50. The molecule has 0 amide bonds. The van der Waals surface area contributed by atoms with Crippen LogP contribution in [0, 0.1) is 10.7 Å². The van der Waals surface area contributed by atoms with Crippen molar-refractivity contribution in [3.63, 3.8) is 0 Å². The molecule has 3 N–H and O–H groups in total. The number of nitrogens with zero attached hydrogens (tertiary/aromatic N) is 8. The first-order chi connectivity index (χ1) is 25.3. The van der Waals surface area contributed by atoms with E-state index >= 15 is 0 Å². The molecule has 0 unspecified atom stereocenters. The third-order valence-electron chi connectivity index (χ3n) is 6.74. The minimum atomic E-state index is -4.67. The van der Waals surface area contributed by atoms with Gasteiger partial charge in [-0.05, 0) is 72.4 Å². The van der Waals surface area contributed by atoms with Crippen LogP contribution in [-0.4, -0.2) is 67.9 Å². The second-order valence-electron chi connectivity index (χ2n) is 10.2. The predicted octanol–water partition coefficient (Wildman–Crippen LogP) is 7.49. The molecule has 0 aliphatic carbocycles. The molecule has 0 atom stereocenters. The first-order valence-corrected chi connectivity index (χ1v) is 18.0. The van der Waals surface area contributed by atoms with Gasteiger partial charge in [0, 0.05) is 48.5 Å². The Morgan fingerprint density at radius 2 is 1.37 bits per heavy atom. The summed E-state index contributed by atoms with van der Waals surface area (Å²) in [5, 5.41) is 41.5. The van der Waals surface area contributed by atoms with Crippen LogP contribution < -0.4 is 0 Å². The van der Waals surface area contributed by atoms with Crippen LogP contribution >= 0.6 is 45.6 Å². The van der Waals surface area contributed by atoms with E-state index in [1.807, 2.05) is 12.1 Å². The third kappa shape index (κ3) is 10.3. The number of rotatable bonds is 10. The van der Waals surface area contributed by atoms with Crippen molar-refractivity contribution in [3.8, 4) is 50.1 Å². The van der Waals surface area contributed by atoms with Crippen LogP contribution in [0.25, 0.3) is 44.7 Å². The molecule has 0 spiro atoms. The van der Waals surface area contributed by atoms with Gasteiger partial charge in [-0.25, -0.2) is 29.0 Å². The molecule has 0 bridgehead atoms. The summed E-state index contributed by atoms with van der Waals surface area (Å²) >= 11 is 6.44. The largest absolute Gasteiger partial charge is 0.478 e. The average molecular weight is 898 g/mol. The van der Waals surface area contributed by atoms with Crippen molar-refractivity contribution >= 4 is 63.5 Å². The Hall–Kier alpha value is -5.20. The second-order valence-corrected chi connectivity index (χ2v) is 13.4. The van der Waals surface area contributed by atoms with E-state index in [4.69, 9.17) is 15.5 Å². The molecule has 0 aliphatic rings. The Labute approximate surface area is 332 Å². The molecule has 0 aliphatic heterocycles. The normalized spacial score (nSPS) is 10.7. The Balaban J connectivity index is 0.000000236. The number of pyridine rings is 4. The van der Waals surface area contributed by atoms with E-state index in [9.17, 15) is 32.7 Å². The van der Waals surface area contributed by atoms with E-state index in [2.05, 4.69) is 41.7 Å². The summed E-state index contributed by atoms with van der Waals surface area (Å²) in [7, 11) is 1.33. The van der Waals surface area contributed by atoms with Crippen molar-refractivity contribution in [3.05, 3.63) is 102 Å². The van der Waals surface area contributed by atoms with Gasteiger partial charge in [0.25, 0.3) is 5.82 Å². The summed E-state index contributed by atoms with van der Waals surface area (Å²) in [6, 6.07) is 14.8. The van der Waals surface area contributed by atoms with E-state index in [1.165, 1.54) is 70.9 Å². The summed E-state index contributed by atoms with van der Waals surface area (Å²) in [6.45, 7) is 0. The van der Waals surface area contributed by atoms with Gasteiger partial charge >= 0.3 is 24.1 Å². The number of carboxylic acid groups (broad SMARTS) is 3. The number of thiol groups is 1. The molecule has 276 valence electrons. The van der Waals surface area contributed by atoms with Crippen molar-refractivity contribution in [2.45, 2.75) is 16.3 Å². The molecule has 0 fully saturated rings. The fourth-order valence-electron chi connectivity index (χ4n) is 4.35. The quantitative estimate of drug-likeness (QED) is 0.0453. The first kappa shape index (κ1) is 41.6. The summed E-state index contributed by atoms with van der Waals surface area (Å²) in [5.41, 5.74) is 1.45.